The minimum atomic E-state index is -1.02. The molecule has 0 aliphatic rings. The summed E-state index contributed by atoms with van der Waals surface area (Å²) in [6.45, 7) is 0. The zero-order chi connectivity index (χ0) is 10.8. The molecular weight excluding hydrogens is 196 g/mol. The van der Waals surface area contributed by atoms with Gasteiger partial charge in [0.25, 0.3) is 0 Å². The van der Waals surface area contributed by atoms with Crippen LogP contribution in [0.2, 0.25) is 0 Å². The molecule has 0 aliphatic heterocycles. The fraction of sp³-hybridized carbons (Fsp3) is 0.222. The number of nitrogens with zero attached hydrogens (tertiary/aromatic N) is 3. The third kappa shape index (κ3) is 1.94. The maximum absolute atomic E-state index is 10.5. The first-order chi connectivity index (χ1) is 7.16. The van der Waals surface area contributed by atoms with Crippen molar-refractivity contribution in [1.82, 2.24) is 14.6 Å². The molecule has 0 spiro atoms. The number of nitrogens with two attached hydrogens (primary N) is 1. The smallest absolute Gasteiger partial charge is 0.320 e. The summed E-state index contributed by atoms with van der Waals surface area (Å²) in [5.41, 5.74) is 6.89. The van der Waals surface area contributed by atoms with Gasteiger partial charge in [0.05, 0.1) is 6.20 Å². The van der Waals surface area contributed by atoms with Crippen molar-refractivity contribution in [2.75, 3.05) is 0 Å². The molecule has 2 aromatic heterocycles. The van der Waals surface area contributed by atoms with Gasteiger partial charge in [0.15, 0.2) is 5.65 Å². The van der Waals surface area contributed by atoms with Crippen LogP contribution in [0.25, 0.3) is 5.65 Å². The number of hydrogen-bond donors (Lipinski definition) is 2. The Hall–Kier alpha value is -1.95. The SMILES string of the molecule is NC(Cc1cnc2ccnn2c1)C(=O)O. The molecule has 78 valence electrons. The molecule has 0 saturated carbocycles. The predicted molar refractivity (Wildman–Crippen MR) is 52.3 cm³/mol. The molecule has 2 heterocycles. The first-order valence-corrected chi connectivity index (χ1v) is 4.43. The lowest BCUT2D eigenvalue weighted by molar-refractivity contribution is -0.138. The van der Waals surface area contributed by atoms with E-state index in [0.29, 0.717) is 0 Å². The van der Waals surface area contributed by atoms with Crippen LogP contribution in [-0.4, -0.2) is 31.7 Å². The monoisotopic (exact) mass is 206 g/mol. The van der Waals surface area contributed by atoms with E-state index in [1.54, 1.807) is 29.2 Å². The lowest BCUT2D eigenvalue weighted by Crippen LogP contribution is -2.32. The largest absolute Gasteiger partial charge is 0.480 e. The van der Waals surface area contributed by atoms with E-state index in [9.17, 15) is 4.79 Å². The van der Waals surface area contributed by atoms with Gasteiger partial charge in [-0.1, -0.05) is 0 Å². The van der Waals surface area contributed by atoms with Gasteiger partial charge in [-0.15, -0.1) is 0 Å². The predicted octanol–water partition coefficient (Wildman–Crippen LogP) is -0.316. The van der Waals surface area contributed by atoms with Crippen molar-refractivity contribution in [3.8, 4) is 0 Å². The highest BCUT2D eigenvalue weighted by Gasteiger charge is 2.12. The van der Waals surface area contributed by atoms with Gasteiger partial charge >= 0.3 is 5.97 Å². The van der Waals surface area contributed by atoms with Crippen LogP contribution >= 0.6 is 0 Å². The maximum atomic E-state index is 10.5. The highest BCUT2D eigenvalue weighted by Crippen LogP contribution is 2.03. The van der Waals surface area contributed by atoms with Crippen LogP contribution in [0.3, 0.4) is 0 Å². The number of aromatic nitrogens is 3. The Labute approximate surface area is 85.3 Å². The van der Waals surface area contributed by atoms with Gasteiger partial charge in [0.2, 0.25) is 0 Å². The van der Waals surface area contributed by atoms with Crippen molar-refractivity contribution in [3.05, 3.63) is 30.2 Å². The zero-order valence-electron chi connectivity index (χ0n) is 7.87. The fourth-order valence-electron chi connectivity index (χ4n) is 1.30. The summed E-state index contributed by atoms with van der Waals surface area (Å²) >= 11 is 0. The molecular formula is C9H10N4O2. The highest BCUT2D eigenvalue weighted by molar-refractivity contribution is 5.73. The van der Waals surface area contributed by atoms with Crippen LogP contribution < -0.4 is 5.73 Å². The van der Waals surface area contributed by atoms with E-state index in [1.807, 2.05) is 0 Å². The molecule has 2 rings (SSSR count). The lowest BCUT2D eigenvalue weighted by atomic mass is 10.1. The van der Waals surface area contributed by atoms with E-state index < -0.39 is 12.0 Å². The normalized spacial score (nSPS) is 12.9. The number of fused-ring (bicyclic) bond motifs is 1. The van der Waals surface area contributed by atoms with Crippen LogP contribution in [0.1, 0.15) is 5.56 Å². The second-order valence-electron chi connectivity index (χ2n) is 3.25. The summed E-state index contributed by atoms with van der Waals surface area (Å²) in [7, 11) is 0. The second-order valence-corrected chi connectivity index (χ2v) is 3.25. The molecule has 0 radical (unpaired) electrons. The van der Waals surface area contributed by atoms with E-state index in [0.717, 1.165) is 11.2 Å². The van der Waals surface area contributed by atoms with Crippen LogP contribution in [0, 0.1) is 0 Å². The molecule has 1 atom stereocenters. The molecule has 2 aromatic rings. The number of carboxylic acid groups (broad SMARTS) is 1. The molecule has 15 heavy (non-hydrogen) atoms. The average Bonchev–Trinajstić information content (AvgIpc) is 2.64. The Balaban J connectivity index is 2.24. The summed E-state index contributed by atoms with van der Waals surface area (Å²) < 4.78 is 1.59. The van der Waals surface area contributed by atoms with Gasteiger partial charge in [0, 0.05) is 24.9 Å². The quantitative estimate of drug-likeness (QED) is 0.718. The molecule has 0 aliphatic carbocycles. The molecule has 0 aromatic carbocycles. The molecule has 6 nitrogen and oxygen atoms in total. The van der Waals surface area contributed by atoms with Crippen LogP contribution in [0.5, 0.6) is 0 Å². The standard InChI is InChI=1S/C9H10N4O2/c10-7(9(14)15)3-6-4-11-8-1-2-12-13(8)5-6/h1-2,4-5,7H,3,10H2,(H,14,15). The van der Waals surface area contributed by atoms with Crippen LogP contribution in [-0.2, 0) is 11.2 Å². The minimum Gasteiger partial charge on any atom is -0.480 e. The van der Waals surface area contributed by atoms with E-state index >= 15 is 0 Å². The number of rotatable bonds is 3. The van der Waals surface area contributed by atoms with Gasteiger partial charge in [-0.2, -0.15) is 5.10 Å². The van der Waals surface area contributed by atoms with Crippen LogP contribution in [0.4, 0.5) is 0 Å². The van der Waals surface area contributed by atoms with Crippen molar-refractivity contribution >= 4 is 11.6 Å². The third-order valence-electron chi connectivity index (χ3n) is 2.07. The van der Waals surface area contributed by atoms with Gasteiger partial charge in [0.1, 0.15) is 6.04 Å². The molecule has 3 N–H and O–H groups in total. The van der Waals surface area contributed by atoms with Crippen molar-refractivity contribution in [2.24, 2.45) is 5.73 Å². The first-order valence-electron chi connectivity index (χ1n) is 4.43. The summed E-state index contributed by atoms with van der Waals surface area (Å²) in [5, 5.41) is 12.6. The lowest BCUT2D eigenvalue weighted by Gasteiger charge is -2.05. The second kappa shape index (κ2) is 3.66. The van der Waals surface area contributed by atoms with Crippen LogP contribution in [0.15, 0.2) is 24.7 Å². The van der Waals surface area contributed by atoms with Crippen molar-refractivity contribution in [3.63, 3.8) is 0 Å². The molecule has 1 unspecified atom stereocenters. The topological polar surface area (TPSA) is 93.5 Å². The zero-order valence-corrected chi connectivity index (χ0v) is 7.87. The van der Waals surface area contributed by atoms with Gasteiger partial charge < -0.3 is 10.8 Å². The third-order valence-corrected chi connectivity index (χ3v) is 2.07. The summed E-state index contributed by atoms with van der Waals surface area (Å²) in [6, 6.07) is 0.862. The van der Waals surface area contributed by atoms with Crippen molar-refractivity contribution in [2.45, 2.75) is 12.5 Å². The Morgan fingerprint density at radius 1 is 1.67 bits per heavy atom. The van der Waals surface area contributed by atoms with Gasteiger partial charge in [-0.3, -0.25) is 4.79 Å². The molecule has 6 heteroatoms. The van der Waals surface area contributed by atoms with E-state index in [2.05, 4.69) is 10.1 Å². The Morgan fingerprint density at radius 3 is 3.20 bits per heavy atom. The van der Waals surface area contributed by atoms with E-state index in [-0.39, 0.29) is 6.42 Å². The summed E-state index contributed by atoms with van der Waals surface area (Å²) in [5.74, 6) is -1.02. The summed E-state index contributed by atoms with van der Waals surface area (Å²) in [6.07, 6.45) is 5.21. The molecule has 0 amide bonds. The average molecular weight is 206 g/mol. The summed E-state index contributed by atoms with van der Waals surface area (Å²) in [4.78, 5) is 14.7. The molecule has 0 saturated heterocycles. The number of hydrogen-bond acceptors (Lipinski definition) is 4. The minimum absolute atomic E-state index is 0.248. The fourth-order valence-corrected chi connectivity index (χ4v) is 1.30. The molecule has 0 bridgehead atoms. The van der Waals surface area contributed by atoms with Crippen molar-refractivity contribution in [1.29, 1.82) is 0 Å². The highest BCUT2D eigenvalue weighted by atomic mass is 16.4. The van der Waals surface area contributed by atoms with E-state index in [1.165, 1.54) is 0 Å². The number of aliphatic carboxylic acids is 1. The Morgan fingerprint density at radius 2 is 2.47 bits per heavy atom. The van der Waals surface area contributed by atoms with E-state index in [4.69, 9.17) is 10.8 Å². The Kier molecular flexibility index (Phi) is 2.34. The number of carbonyl (C=O) groups is 1. The van der Waals surface area contributed by atoms with Crippen molar-refractivity contribution < 1.29 is 9.90 Å². The maximum Gasteiger partial charge on any atom is 0.320 e. The first kappa shape index (κ1) is 9.60. The Bertz CT molecular complexity index is 494. The van der Waals surface area contributed by atoms with Gasteiger partial charge in [-0.05, 0) is 5.56 Å². The number of carboxylic acids is 1. The van der Waals surface area contributed by atoms with Gasteiger partial charge in [-0.25, -0.2) is 9.50 Å². The molecule has 0 fully saturated rings.